The van der Waals surface area contributed by atoms with E-state index in [1.165, 1.54) is 10.6 Å². The van der Waals surface area contributed by atoms with Crippen LogP contribution in [-0.4, -0.2) is 113 Å². The fraction of sp³-hybridized carbons (Fsp3) is 0.366. The number of aromatic nitrogens is 4. The molecule has 3 aliphatic heterocycles. The molecule has 2 aromatic heterocycles. The molecule has 4 aromatic rings. The lowest BCUT2D eigenvalue weighted by atomic mass is 9.89. The van der Waals surface area contributed by atoms with Gasteiger partial charge in [-0.3, -0.25) is 28.2 Å². The van der Waals surface area contributed by atoms with E-state index in [-0.39, 0.29) is 40.8 Å². The SMILES string of the molecule is CN(C)c1ccc2c(-c3ccc(C(=O)NCCCCCCNc4nc5c(=O)[nH]c(N)nc5n4[C@@H]4O[C@@H]5COP(=O)(O)O[C@H]5[C@H]4O)cc3C(=O)O)c3ccc(=[N+](C)C)cc-3oc2c1. The summed E-state index contributed by atoms with van der Waals surface area (Å²) in [7, 11) is 3.34. The van der Waals surface area contributed by atoms with Gasteiger partial charge in [-0.15, -0.1) is 0 Å². The lowest BCUT2D eigenvalue weighted by Gasteiger charge is -2.27. The highest BCUT2D eigenvalue weighted by Gasteiger charge is 2.53. The van der Waals surface area contributed by atoms with Crippen LogP contribution in [0.25, 0.3) is 44.6 Å². The van der Waals surface area contributed by atoms with Crippen molar-refractivity contribution in [2.24, 2.45) is 0 Å². The summed E-state index contributed by atoms with van der Waals surface area (Å²) >= 11 is 0. The van der Waals surface area contributed by atoms with Crippen molar-refractivity contribution >= 4 is 59.4 Å². The number of fused-ring (bicyclic) bond motifs is 4. The van der Waals surface area contributed by atoms with Crippen LogP contribution in [0.5, 0.6) is 0 Å². The third kappa shape index (κ3) is 8.27. The maximum atomic E-state index is 13.3. The number of hydrogen-bond donors (Lipinski definition) is 7. The molecule has 1 amide bonds. The Labute approximate surface area is 353 Å². The number of carbonyl (C=O) groups excluding carboxylic acids is 1. The number of nitrogens with zero attached hydrogens (tertiary/aromatic N) is 5. The van der Waals surface area contributed by atoms with Crippen LogP contribution in [0.2, 0.25) is 0 Å². The van der Waals surface area contributed by atoms with Crippen LogP contribution >= 0.6 is 7.82 Å². The number of phosphoric acid groups is 1. The molecule has 21 heteroatoms. The Morgan fingerprint density at radius 2 is 1.79 bits per heavy atom. The zero-order chi connectivity index (χ0) is 44.0. The second-order valence-corrected chi connectivity index (χ2v) is 17.0. The van der Waals surface area contributed by atoms with Crippen LogP contribution in [-0.2, 0) is 18.3 Å². The highest BCUT2D eigenvalue weighted by Crippen LogP contribution is 2.53. The van der Waals surface area contributed by atoms with Gasteiger partial charge >= 0.3 is 13.8 Å². The van der Waals surface area contributed by atoms with E-state index < -0.39 is 49.8 Å². The first-order valence-corrected chi connectivity index (χ1v) is 21.4. The van der Waals surface area contributed by atoms with E-state index in [1.54, 1.807) is 12.1 Å². The number of aromatic carboxylic acids is 1. The van der Waals surface area contributed by atoms with E-state index in [4.69, 9.17) is 23.9 Å². The van der Waals surface area contributed by atoms with Gasteiger partial charge in [0.05, 0.1) is 18.2 Å². The molecule has 1 unspecified atom stereocenters. The van der Waals surface area contributed by atoms with Gasteiger partial charge in [-0.05, 0) is 48.7 Å². The molecule has 8 rings (SSSR count). The maximum Gasteiger partial charge on any atom is 0.472 e. The number of carboxylic acids is 1. The number of phosphoric ester groups is 1. The normalized spacial score (nSPS) is 21.0. The number of nitrogen functional groups attached to an aromatic ring is 1. The van der Waals surface area contributed by atoms with Gasteiger partial charge in [-0.1, -0.05) is 18.9 Å². The fourth-order valence-electron chi connectivity index (χ4n) is 7.82. The van der Waals surface area contributed by atoms with E-state index in [1.807, 2.05) is 74.1 Å². The van der Waals surface area contributed by atoms with Crippen LogP contribution in [0, 0.1) is 0 Å². The predicted molar refractivity (Wildman–Crippen MR) is 229 cm³/mol. The lowest BCUT2D eigenvalue weighted by Crippen LogP contribution is -2.39. The van der Waals surface area contributed by atoms with Gasteiger partial charge in [0.25, 0.3) is 11.5 Å². The smallest absolute Gasteiger partial charge is 0.472 e. The number of rotatable bonds is 13. The Morgan fingerprint density at radius 1 is 1.03 bits per heavy atom. The number of H-pyrrole nitrogens is 1. The summed E-state index contributed by atoms with van der Waals surface area (Å²) in [5, 5.41) is 29.3. The Bertz CT molecular complexity index is 2870. The Balaban J connectivity index is 0.913. The number of aliphatic hydroxyl groups is 1. The molecule has 5 atom stereocenters. The van der Waals surface area contributed by atoms with Crippen LogP contribution in [0.1, 0.15) is 52.6 Å². The number of benzene rings is 3. The number of imidazole rings is 1. The summed E-state index contributed by atoms with van der Waals surface area (Å²) in [6, 6.07) is 16.3. The Kier molecular flexibility index (Phi) is 11.6. The minimum Gasteiger partial charge on any atom is -0.478 e. The average Bonchev–Trinajstić information content (AvgIpc) is 3.75. The molecule has 2 aromatic carbocycles. The quantitative estimate of drug-likeness (QED) is 0.0380. The largest absolute Gasteiger partial charge is 0.478 e. The van der Waals surface area contributed by atoms with E-state index in [9.17, 15) is 34.1 Å². The molecule has 2 saturated heterocycles. The van der Waals surface area contributed by atoms with Crippen molar-refractivity contribution in [3.8, 4) is 22.5 Å². The van der Waals surface area contributed by atoms with Gasteiger partial charge in [0, 0.05) is 67.1 Å². The molecular formula is C41H47N9O11P+. The van der Waals surface area contributed by atoms with E-state index in [2.05, 4.69) is 25.6 Å². The number of ether oxygens (including phenoxy) is 1. The maximum absolute atomic E-state index is 13.3. The zero-order valence-corrected chi connectivity index (χ0v) is 35.2. The van der Waals surface area contributed by atoms with Crippen LogP contribution in [0.3, 0.4) is 0 Å². The molecule has 2 fully saturated rings. The minimum atomic E-state index is -4.39. The van der Waals surface area contributed by atoms with Crippen molar-refractivity contribution in [2.45, 2.75) is 50.2 Å². The second-order valence-electron chi connectivity index (χ2n) is 15.6. The summed E-state index contributed by atoms with van der Waals surface area (Å²) in [4.78, 5) is 61.6. The fourth-order valence-corrected chi connectivity index (χ4v) is 8.78. The topological polar surface area (TPSA) is 273 Å². The van der Waals surface area contributed by atoms with E-state index in [0.29, 0.717) is 48.4 Å². The first-order chi connectivity index (χ1) is 29.6. The second kappa shape index (κ2) is 17.0. The zero-order valence-electron chi connectivity index (χ0n) is 34.3. The standard InChI is InChI=1S/C41H46N9O11P/c1-48(2)22-10-13-25-28(18-22)59-29-19-23(49(3)4)11-14-26(29)31(25)24-12-9-21(17-27(24)39(54)55)36(52)43-15-7-5-6-8-16-44-41-45-32-35(46-40(42)47-37(32)53)50(41)38-33(51)34-30(60-38)20-58-62(56,57)61-34/h9-14,17-19,30,33-34,38,43,51H,5-8,15-16,20H2,1-4H3,(H5,42,47,52,53,54,55,56,57)/p+1/t30-,33-,34-,38-/m1/s1. The van der Waals surface area contributed by atoms with Gasteiger partial charge in [-0.2, -0.15) is 4.98 Å². The first-order valence-electron chi connectivity index (χ1n) is 19.9. The van der Waals surface area contributed by atoms with Crippen molar-refractivity contribution in [2.75, 3.05) is 63.8 Å². The lowest BCUT2D eigenvalue weighted by molar-refractivity contribution is -0.0659. The van der Waals surface area contributed by atoms with Gasteiger partial charge < -0.3 is 45.5 Å². The van der Waals surface area contributed by atoms with Crippen molar-refractivity contribution in [1.82, 2.24) is 29.4 Å². The van der Waals surface area contributed by atoms with Crippen LogP contribution in [0.15, 0.2) is 63.8 Å². The number of carbonyl (C=O) groups is 2. The number of aliphatic hydroxyl groups excluding tert-OH is 1. The van der Waals surface area contributed by atoms with Gasteiger partial charge in [0.1, 0.15) is 43.8 Å². The molecule has 0 bridgehead atoms. The van der Waals surface area contributed by atoms with Gasteiger partial charge in [0.2, 0.25) is 17.3 Å². The summed E-state index contributed by atoms with van der Waals surface area (Å²) in [6.45, 7) is 0.443. The third-order valence-corrected chi connectivity index (χ3v) is 12.0. The molecule has 0 saturated carbocycles. The molecule has 4 aliphatic rings. The molecule has 62 heavy (non-hydrogen) atoms. The first kappa shape index (κ1) is 42.5. The Morgan fingerprint density at radius 3 is 2.53 bits per heavy atom. The number of carboxylic acid groups (broad SMARTS) is 1. The molecule has 326 valence electrons. The number of hydrogen-bond acceptors (Lipinski definition) is 14. The minimum absolute atomic E-state index is 0.0182. The molecule has 5 heterocycles. The van der Waals surface area contributed by atoms with E-state index in [0.717, 1.165) is 34.8 Å². The molecule has 0 spiro atoms. The molecule has 1 aliphatic carbocycles. The number of unbranched alkanes of at least 4 members (excludes halogenated alkanes) is 3. The van der Waals surface area contributed by atoms with Crippen molar-refractivity contribution in [3.05, 3.63) is 81.4 Å². The van der Waals surface area contributed by atoms with Gasteiger partial charge in [0.15, 0.2) is 17.4 Å². The third-order valence-electron chi connectivity index (χ3n) is 11.0. The van der Waals surface area contributed by atoms with E-state index >= 15 is 0 Å². The van der Waals surface area contributed by atoms with Gasteiger partial charge in [-0.25, -0.2) is 18.9 Å². The van der Waals surface area contributed by atoms with Crippen molar-refractivity contribution in [1.29, 1.82) is 0 Å². The highest BCUT2D eigenvalue weighted by atomic mass is 31.2. The predicted octanol–water partition coefficient (Wildman–Crippen LogP) is 3.19. The summed E-state index contributed by atoms with van der Waals surface area (Å²) in [5.41, 5.74) is 8.77. The monoisotopic (exact) mass is 872 g/mol. The average molecular weight is 873 g/mol. The van der Waals surface area contributed by atoms with Crippen LogP contribution < -0.4 is 36.8 Å². The number of anilines is 3. The molecular weight excluding hydrogens is 825 g/mol. The molecule has 0 radical (unpaired) electrons. The molecule has 20 nitrogen and oxygen atoms in total. The summed E-state index contributed by atoms with van der Waals surface area (Å²) in [5.74, 6) is -1.01. The highest BCUT2D eigenvalue weighted by molar-refractivity contribution is 7.47. The number of aromatic amines is 1. The number of nitrogens with one attached hydrogen (secondary N) is 3. The summed E-state index contributed by atoms with van der Waals surface area (Å²) < 4.78 is 37.7. The van der Waals surface area contributed by atoms with Crippen LogP contribution in [0.4, 0.5) is 17.6 Å². The number of amides is 1. The van der Waals surface area contributed by atoms with Crippen molar-refractivity contribution < 1.29 is 47.5 Å². The summed E-state index contributed by atoms with van der Waals surface area (Å²) in [6.07, 6.45) is -1.93. The molecule has 8 N–H and O–H groups in total. The van der Waals surface area contributed by atoms with Crippen molar-refractivity contribution in [3.63, 3.8) is 0 Å². The number of nitrogens with two attached hydrogens (primary N) is 1. The Hall–Kier alpha value is -6.15.